The highest BCUT2D eigenvalue weighted by Gasteiger charge is 2.30. The van der Waals surface area contributed by atoms with E-state index < -0.39 is 0 Å². The first-order valence-electron chi connectivity index (χ1n) is 28.6. The summed E-state index contributed by atoms with van der Waals surface area (Å²) in [6.07, 6.45) is 15.0. The zero-order chi connectivity index (χ0) is 56.5. The predicted octanol–water partition coefficient (Wildman–Crippen LogP) is 11.1. The number of nitrogens with zero attached hydrogens (tertiary/aromatic N) is 9. The molecule has 6 heterocycles. The number of piperidine rings is 1. The summed E-state index contributed by atoms with van der Waals surface area (Å²) in [5.74, 6) is 0.962. The van der Waals surface area contributed by atoms with Gasteiger partial charge in [0.15, 0.2) is 0 Å². The molecule has 3 aliphatic heterocycles. The number of piperazine rings is 2. The van der Waals surface area contributed by atoms with Crippen LogP contribution in [-0.2, 0) is 32.0 Å². The number of amides is 2. The first-order chi connectivity index (χ1) is 37.7. The minimum absolute atomic E-state index is 0.0453. The smallest absolute Gasteiger partial charge is 0.236 e. The summed E-state index contributed by atoms with van der Waals surface area (Å²) in [6.45, 7) is 27.1. The van der Waals surface area contributed by atoms with Crippen molar-refractivity contribution in [3.8, 4) is 17.2 Å². The summed E-state index contributed by atoms with van der Waals surface area (Å²) in [4.78, 5) is 63.0. The molecule has 4 aliphatic rings. The zero-order valence-corrected chi connectivity index (χ0v) is 48.2. The van der Waals surface area contributed by atoms with Crippen molar-refractivity contribution >= 4 is 40.2 Å². The Morgan fingerprint density at radius 1 is 0.782 bits per heavy atom. The number of nitriles is 1. The fraction of sp³-hybridized carbons (Fsp3) is 0.484. The summed E-state index contributed by atoms with van der Waals surface area (Å²) in [7, 11) is 0. The van der Waals surface area contributed by atoms with Crippen LogP contribution in [0.3, 0.4) is 0 Å². The highest BCUT2D eigenvalue weighted by molar-refractivity contribution is 5.87. The number of fused-ring (bicyclic) bond motifs is 1. The van der Waals surface area contributed by atoms with Crippen LogP contribution in [-0.4, -0.2) is 130 Å². The normalized spacial score (nSPS) is 17.2. The van der Waals surface area contributed by atoms with Crippen LogP contribution in [0.25, 0.3) is 22.2 Å². The van der Waals surface area contributed by atoms with Gasteiger partial charge in [-0.25, -0.2) is 8.91 Å². The van der Waals surface area contributed by atoms with Crippen molar-refractivity contribution in [1.82, 2.24) is 34.2 Å². The van der Waals surface area contributed by atoms with Gasteiger partial charge in [-0.1, -0.05) is 84.9 Å². The van der Waals surface area contributed by atoms with Crippen LogP contribution in [0.15, 0.2) is 97.1 Å². The van der Waals surface area contributed by atoms with E-state index in [-0.39, 0.29) is 47.0 Å². The van der Waals surface area contributed by atoms with E-state index in [1.807, 2.05) is 86.5 Å². The van der Waals surface area contributed by atoms with Gasteiger partial charge >= 0.3 is 0 Å². The van der Waals surface area contributed by atoms with Crippen LogP contribution in [0.5, 0.6) is 0 Å². The number of anilines is 1. The Morgan fingerprint density at radius 2 is 1.44 bits per heavy atom. The molecule has 14 heteroatoms. The number of aromatic nitrogens is 3. The Morgan fingerprint density at radius 3 is 2.01 bits per heavy atom. The Labute approximate surface area is 463 Å². The zero-order valence-electron chi connectivity index (χ0n) is 48.2. The van der Waals surface area contributed by atoms with Crippen molar-refractivity contribution in [3.05, 3.63) is 136 Å². The van der Waals surface area contributed by atoms with Crippen molar-refractivity contribution < 1.29 is 23.6 Å². The van der Waals surface area contributed by atoms with Gasteiger partial charge < -0.3 is 24.4 Å². The van der Waals surface area contributed by atoms with Gasteiger partial charge in [0, 0.05) is 105 Å². The van der Waals surface area contributed by atoms with Crippen LogP contribution in [0.1, 0.15) is 134 Å². The molecule has 78 heavy (non-hydrogen) atoms. The number of ketones is 2. The number of aryl methyl sites for hydroxylation is 2. The molecule has 2 amide bonds. The lowest BCUT2D eigenvalue weighted by atomic mass is 9.84. The summed E-state index contributed by atoms with van der Waals surface area (Å²) in [5, 5.41) is 14.7. The van der Waals surface area contributed by atoms with E-state index in [0.717, 1.165) is 110 Å². The minimum atomic E-state index is -0.113. The molecular formula is C64H84FN9O4. The van der Waals surface area contributed by atoms with Crippen molar-refractivity contribution in [2.24, 2.45) is 11.8 Å². The number of rotatable bonds is 14. The molecule has 2 unspecified atom stereocenters. The highest BCUT2D eigenvalue weighted by atomic mass is 19.1. The maximum atomic E-state index is 14.6. The van der Waals surface area contributed by atoms with Gasteiger partial charge in [-0.05, 0) is 142 Å². The van der Waals surface area contributed by atoms with E-state index in [0.29, 0.717) is 57.5 Å². The van der Waals surface area contributed by atoms with Crippen molar-refractivity contribution in [3.63, 3.8) is 0 Å². The maximum absolute atomic E-state index is 14.6. The van der Waals surface area contributed by atoms with Crippen LogP contribution < -0.4 is 4.90 Å². The molecule has 0 N–H and O–H groups in total. The van der Waals surface area contributed by atoms with Gasteiger partial charge in [-0.2, -0.15) is 10.4 Å². The number of benzene rings is 2. The number of hydrogen-bond acceptors (Lipinski definition) is 10. The highest BCUT2D eigenvalue weighted by Crippen LogP contribution is 2.39. The average Bonchev–Trinajstić information content (AvgIpc) is 3.95. The second kappa shape index (κ2) is 29.1. The molecular weight excluding hydrogens is 978 g/mol. The molecule has 0 spiro atoms. The monoisotopic (exact) mass is 1060 g/mol. The molecule has 0 radical (unpaired) electrons. The molecule has 3 aromatic heterocycles. The Hall–Kier alpha value is -6.98. The number of carbonyl (C=O) groups excluding carboxylic acids is 4. The molecule has 2 atom stereocenters. The molecule has 5 aromatic rings. The summed E-state index contributed by atoms with van der Waals surface area (Å²) in [5.41, 5.74) is 11.8. The molecule has 1 aliphatic carbocycles. The predicted molar refractivity (Wildman–Crippen MR) is 311 cm³/mol. The van der Waals surface area contributed by atoms with E-state index in [1.165, 1.54) is 16.8 Å². The largest absolute Gasteiger partial charge is 0.371 e. The molecule has 416 valence electrons. The number of pyridine rings is 2. The van der Waals surface area contributed by atoms with Crippen LogP contribution in [0.4, 0.5) is 10.1 Å². The SMILES string of the molecule is CC.CC.CC(=O)CCC(C)C(C)=O.CCc1ccc(CC(=O)N2CCN(C3=CC=C(c4cc(-c5ccc(N6CCN(C(=O)CN7CCC(c8ccc(C)cc8F)CC7)CC6)cc5)cn5ncc(C#N)c45)C(C)C3)CC2)nc1. The summed E-state index contributed by atoms with van der Waals surface area (Å²) < 4.78 is 16.5. The van der Waals surface area contributed by atoms with Crippen molar-refractivity contribution in [2.75, 3.05) is 76.9 Å². The molecule has 3 saturated heterocycles. The van der Waals surface area contributed by atoms with Crippen molar-refractivity contribution in [1.29, 1.82) is 5.26 Å². The number of carbonyl (C=O) groups is 4. The first-order valence-corrected chi connectivity index (χ1v) is 28.6. The molecule has 0 saturated carbocycles. The van der Waals surface area contributed by atoms with Crippen LogP contribution in [0.2, 0.25) is 0 Å². The fourth-order valence-corrected chi connectivity index (χ4v) is 10.6. The lowest BCUT2D eigenvalue weighted by molar-refractivity contribution is -0.133. The van der Waals surface area contributed by atoms with E-state index in [2.05, 4.69) is 93.2 Å². The second-order valence-electron chi connectivity index (χ2n) is 20.8. The third-order valence-electron chi connectivity index (χ3n) is 15.6. The van der Waals surface area contributed by atoms with E-state index in [4.69, 9.17) is 0 Å². The quantitative estimate of drug-likeness (QED) is 0.106. The van der Waals surface area contributed by atoms with E-state index in [1.54, 1.807) is 26.1 Å². The van der Waals surface area contributed by atoms with E-state index >= 15 is 0 Å². The second-order valence-corrected chi connectivity index (χ2v) is 20.8. The number of halogens is 1. The molecule has 2 aromatic carbocycles. The number of allylic oxidation sites excluding steroid dienone is 4. The lowest BCUT2D eigenvalue weighted by Gasteiger charge is -2.39. The van der Waals surface area contributed by atoms with E-state index in [9.17, 15) is 28.8 Å². The third-order valence-corrected chi connectivity index (χ3v) is 15.6. The topological polar surface area (TPSA) is 138 Å². The molecule has 9 rings (SSSR count). The van der Waals surface area contributed by atoms with Gasteiger partial charge in [0.1, 0.15) is 23.5 Å². The fourth-order valence-electron chi connectivity index (χ4n) is 10.6. The van der Waals surface area contributed by atoms with Gasteiger partial charge in [0.2, 0.25) is 11.8 Å². The minimum Gasteiger partial charge on any atom is -0.371 e. The Bertz CT molecular complexity index is 2920. The van der Waals surface area contributed by atoms with Crippen molar-refractivity contribution in [2.45, 2.75) is 120 Å². The van der Waals surface area contributed by atoms with Gasteiger partial charge in [0.05, 0.1) is 30.2 Å². The molecule has 0 bridgehead atoms. The Balaban J connectivity index is 0.000000629. The number of hydrogen-bond donors (Lipinski definition) is 0. The molecule has 3 fully saturated rings. The van der Waals surface area contributed by atoms with Crippen LogP contribution in [0, 0.1) is 35.9 Å². The third kappa shape index (κ3) is 15.6. The average molecular weight is 1060 g/mol. The van der Waals surface area contributed by atoms with Gasteiger partial charge in [-0.3, -0.25) is 24.3 Å². The standard InChI is InChI=1S/C52H58FN9O2.C8H14O2.2C2H6/c1-4-38-6-9-43(55-32-38)30-50(63)60-23-21-59(22-24-60)45-12-14-46(37(3)28-45)48-29-41(34-62-52(48)42(31-54)33-56-62)39-7-10-44(11-8-39)58-19-25-61(26-20-58)51(64)35-57-17-15-40(16-18-57)47-13-5-36(2)27-49(47)53;1-6(8(3)10)4-5-7(2)9;2*1-2/h5-14,27,29,32-34,37,40H,4,15-26,28,30,35H2,1-3H3;6H,4-5H2,1-3H3;2*1-2H3. The lowest BCUT2D eigenvalue weighted by Crippen LogP contribution is -2.51. The summed E-state index contributed by atoms with van der Waals surface area (Å²) in [6, 6.07) is 22.8. The van der Waals surface area contributed by atoms with Gasteiger partial charge in [0.25, 0.3) is 0 Å². The van der Waals surface area contributed by atoms with Gasteiger partial charge in [-0.15, -0.1) is 0 Å². The number of likely N-dealkylation sites (tertiary alicyclic amines) is 1. The number of Topliss-reactive ketones (excluding diaryl/α,β-unsaturated/α-hetero) is 2. The summed E-state index contributed by atoms with van der Waals surface area (Å²) >= 11 is 0. The molecule has 13 nitrogen and oxygen atoms in total. The maximum Gasteiger partial charge on any atom is 0.236 e. The first kappa shape index (κ1) is 60.3. The Kier molecular flexibility index (Phi) is 22.5. The van der Waals surface area contributed by atoms with Crippen LogP contribution >= 0.6 is 0 Å².